The predicted molar refractivity (Wildman–Crippen MR) is 88.0 cm³/mol. The van der Waals surface area contributed by atoms with Crippen molar-refractivity contribution < 1.29 is 0 Å². The highest BCUT2D eigenvalue weighted by Gasteiger charge is 2.22. The minimum Gasteiger partial charge on any atom is -0.316 e. The van der Waals surface area contributed by atoms with Crippen molar-refractivity contribution in [2.75, 3.05) is 13.1 Å². The van der Waals surface area contributed by atoms with Crippen LogP contribution in [0, 0.1) is 11.8 Å². The number of hydrogen-bond acceptors (Lipinski definition) is 1. The molecule has 0 aliphatic heterocycles. The fraction of sp³-hybridized carbons (Fsp3) is 0.684. The van der Waals surface area contributed by atoms with Gasteiger partial charge in [-0.25, -0.2) is 0 Å². The molecule has 2 atom stereocenters. The van der Waals surface area contributed by atoms with Crippen LogP contribution in [-0.2, 0) is 6.42 Å². The number of benzene rings is 1. The molecule has 1 nitrogen and oxygen atoms in total. The zero-order chi connectivity index (χ0) is 14.0. The average Bonchev–Trinajstić information content (AvgIpc) is 2.72. The highest BCUT2D eigenvalue weighted by molar-refractivity contribution is 5.14. The first kappa shape index (κ1) is 15.6. The van der Waals surface area contributed by atoms with Gasteiger partial charge >= 0.3 is 0 Å². The van der Waals surface area contributed by atoms with E-state index in [0.717, 1.165) is 11.8 Å². The van der Waals surface area contributed by atoms with E-state index in [2.05, 4.69) is 42.6 Å². The van der Waals surface area contributed by atoms with Crippen LogP contribution in [0.5, 0.6) is 0 Å². The predicted octanol–water partition coefficient (Wildman–Crippen LogP) is 4.82. The normalized spacial score (nSPS) is 23.4. The topological polar surface area (TPSA) is 12.0 Å². The number of nitrogens with one attached hydrogen (secondary N) is 1. The summed E-state index contributed by atoms with van der Waals surface area (Å²) in [7, 11) is 0. The molecule has 0 aromatic heterocycles. The summed E-state index contributed by atoms with van der Waals surface area (Å²) in [6.45, 7) is 4.68. The zero-order valence-electron chi connectivity index (χ0n) is 13.1. The Morgan fingerprint density at radius 3 is 2.50 bits per heavy atom. The molecule has 0 heterocycles. The molecule has 1 fully saturated rings. The first-order valence-electron chi connectivity index (χ1n) is 8.64. The van der Waals surface area contributed by atoms with Crippen LogP contribution in [-0.4, -0.2) is 13.1 Å². The second-order valence-corrected chi connectivity index (χ2v) is 6.39. The van der Waals surface area contributed by atoms with Crippen molar-refractivity contribution in [3.63, 3.8) is 0 Å². The van der Waals surface area contributed by atoms with Crippen LogP contribution in [0.2, 0.25) is 0 Å². The Kier molecular flexibility index (Phi) is 7.14. The molecule has 112 valence electrons. The van der Waals surface area contributed by atoms with E-state index in [1.807, 2.05) is 0 Å². The summed E-state index contributed by atoms with van der Waals surface area (Å²) in [5, 5.41) is 3.66. The van der Waals surface area contributed by atoms with Crippen LogP contribution < -0.4 is 5.32 Å². The van der Waals surface area contributed by atoms with Crippen molar-refractivity contribution >= 4 is 0 Å². The average molecular weight is 273 g/mol. The first-order chi connectivity index (χ1) is 9.90. The van der Waals surface area contributed by atoms with Crippen molar-refractivity contribution in [1.82, 2.24) is 5.32 Å². The van der Waals surface area contributed by atoms with Crippen LogP contribution >= 0.6 is 0 Å². The van der Waals surface area contributed by atoms with Gasteiger partial charge in [-0.1, -0.05) is 62.9 Å². The quantitative estimate of drug-likeness (QED) is 0.555. The summed E-state index contributed by atoms with van der Waals surface area (Å²) in [6, 6.07) is 11.0. The fourth-order valence-electron chi connectivity index (χ4n) is 3.57. The summed E-state index contributed by atoms with van der Waals surface area (Å²) in [6.07, 6.45) is 11.1. The summed E-state index contributed by atoms with van der Waals surface area (Å²) >= 11 is 0. The smallest absolute Gasteiger partial charge is 0.00179 e. The Labute approximate surface area is 125 Å². The molecule has 0 bridgehead atoms. The van der Waals surface area contributed by atoms with Crippen molar-refractivity contribution in [2.24, 2.45) is 11.8 Å². The van der Waals surface area contributed by atoms with Crippen LogP contribution in [0.15, 0.2) is 30.3 Å². The van der Waals surface area contributed by atoms with Crippen LogP contribution in [0.25, 0.3) is 0 Å². The summed E-state index contributed by atoms with van der Waals surface area (Å²) in [5.41, 5.74) is 1.51. The molecule has 1 heteroatoms. The molecular formula is C19H31N. The van der Waals surface area contributed by atoms with Gasteiger partial charge in [-0.05, 0) is 56.2 Å². The van der Waals surface area contributed by atoms with Crippen LogP contribution in [0.3, 0.4) is 0 Å². The number of aryl methyl sites for hydroxylation is 1. The van der Waals surface area contributed by atoms with Gasteiger partial charge in [-0.2, -0.15) is 0 Å². The lowest BCUT2D eigenvalue weighted by atomic mass is 9.83. The van der Waals surface area contributed by atoms with E-state index < -0.39 is 0 Å². The lowest BCUT2D eigenvalue weighted by molar-refractivity contribution is 0.284. The molecule has 0 saturated heterocycles. The summed E-state index contributed by atoms with van der Waals surface area (Å²) in [4.78, 5) is 0. The van der Waals surface area contributed by atoms with E-state index in [4.69, 9.17) is 0 Å². The molecule has 2 rings (SSSR count). The molecule has 1 aromatic carbocycles. The third kappa shape index (κ3) is 5.28. The Morgan fingerprint density at radius 1 is 1.00 bits per heavy atom. The Hall–Kier alpha value is -0.820. The molecule has 1 N–H and O–H groups in total. The van der Waals surface area contributed by atoms with Gasteiger partial charge in [0.05, 0.1) is 0 Å². The van der Waals surface area contributed by atoms with Crippen LogP contribution in [0.1, 0.15) is 57.4 Å². The first-order valence-corrected chi connectivity index (χ1v) is 8.64. The SMILES string of the molecule is CCCNCC1CCCCCC1CCc1ccccc1. The zero-order valence-corrected chi connectivity index (χ0v) is 13.1. The van der Waals surface area contributed by atoms with Gasteiger partial charge in [0.25, 0.3) is 0 Å². The largest absolute Gasteiger partial charge is 0.316 e. The third-order valence-corrected chi connectivity index (χ3v) is 4.80. The van der Waals surface area contributed by atoms with Gasteiger partial charge in [0.1, 0.15) is 0 Å². The standard InChI is InChI=1S/C19H31N/c1-2-15-20-16-19-12-8-4-7-11-18(19)14-13-17-9-5-3-6-10-17/h3,5-6,9-10,18-20H,2,4,7-8,11-16H2,1H3. The fourth-order valence-corrected chi connectivity index (χ4v) is 3.57. The molecule has 0 spiro atoms. The minimum atomic E-state index is 0.910. The highest BCUT2D eigenvalue weighted by atomic mass is 14.9. The molecule has 1 aliphatic carbocycles. The maximum absolute atomic E-state index is 3.66. The monoisotopic (exact) mass is 273 g/mol. The van der Waals surface area contributed by atoms with Crippen molar-refractivity contribution in [3.8, 4) is 0 Å². The van der Waals surface area contributed by atoms with Gasteiger partial charge < -0.3 is 5.32 Å². The molecular weight excluding hydrogens is 242 g/mol. The van der Waals surface area contributed by atoms with Crippen molar-refractivity contribution in [1.29, 1.82) is 0 Å². The van der Waals surface area contributed by atoms with E-state index in [-0.39, 0.29) is 0 Å². The van der Waals surface area contributed by atoms with E-state index >= 15 is 0 Å². The molecule has 20 heavy (non-hydrogen) atoms. The second-order valence-electron chi connectivity index (χ2n) is 6.39. The molecule has 1 aromatic rings. The lowest BCUT2D eigenvalue weighted by Gasteiger charge is -2.25. The van der Waals surface area contributed by atoms with E-state index in [9.17, 15) is 0 Å². The van der Waals surface area contributed by atoms with Crippen molar-refractivity contribution in [3.05, 3.63) is 35.9 Å². The minimum absolute atomic E-state index is 0.910. The maximum atomic E-state index is 3.66. The van der Waals surface area contributed by atoms with Gasteiger partial charge in [0.15, 0.2) is 0 Å². The van der Waals surface area contributed by atoms with Gasteiger partial charge in [-0.3, -0.25) is 0 Å². The van der Waals surface area contributed by atoms with E-state index in [0.29, 0.717) is 0 Å². The molecule has 0 amide bonds. The van der Waals surface area contributed by atoms with E-state index in [1.165, 1.54) is 70.0 Å². The van der Waals surface area contributed by atoms with E-state index in [1.54, 1.807) is 0 Å². The van der Waals surface area contributed by atoms with Gasteiger partial charge in [0.2, 0.25) is 0 Å². The summed E-state index contributed by atoms with van der Waals surface area (Å²) < 4.78 is 0. The van der Waals surface area contributed by atoms with Gasteiger partial charge in [-0.15, -0.1) is 0 Å². The molecule has 1 saturated carbocycles. The summed E-state index contributed by atoms with van der Waals surface area (Å²) in [5.74, 6) is 1.84. The third-order valence-electron chi connectivity index (χ3n) is 4.80. The highest BCUT2D eigenvalue weighted by Crippen LogP contribution is 2.31. The molecule has 2 unspecified atom stereocenters. The van der Waals surface area contributed by atoms with Crippen LogP contribution in [0.4, 0.5) is 0 Å². The molecule has 1 aliphatic rings. The number of hydrogen-bond donors (Lipinski definition) is 1. The Morgan fingerprint density at radius 2 is 1.75 bits per heavy atom. The molecule has 0 radical (unpaired) electrons. The maximum Gasteiger partial charge on any atom is -0.00179 e. The Bertz CT molecular complexity index is 346. The second kappa shape index (κ2) is 9.18. The Balaban J connectivity index is 1.84. The number of rotatable bonds is 7. The lowest BCUT2D eigenvalue weighted by Crippen LogP contribution is -2.28. The van der Waals surface area contributed by atoms with Crippen molar-refractivity contribution in [2.45, 2.75) is 58.3 Å². The van der Waals surface area contributed by atoms with Gasteiger partial charge in [0, 0.05) is 0 Å².